The van der Waals surface area contributed by atoms with Crippen LogP contribution in [0.1, 0.15) is 18.9 Å². The van der Waals surface area contributed by atoms with Crippen molar-refractivity contribution in [3.63, 3.8) is 0 Å². The molecule has 1 saturated heterocycles. The predicted molar refractivity (Wildman–Crippen MR) is 62.0 cm³/mol. The number of nitrogens with two attached hydrogens (primary N) is 1. The Morgan fingerprint density at radius 3 is 3.00 bits per heavy atom. The zero-order valence-corrected chi connectivity index (χ0v) is 9.53. The van der Waals surface area contributed by atoms with Crippen molar-refractivity contribution in [2.75, 3.05) is 17.3 Å². The maximum Gasteiger partial charge on any atom is 0.239 e. The van der Waals surface area contributed by atoms with Crippen LogP contribution in [0.3, 0.4) is 0 Å². The molecule has 1 aromatic heterocycles. The first kappa shape index (κ1) is 11.1. The van der Waals surface area contributed by atoms with Crippen molar-refractivity contribution in [1.29, 1.82) is 0 Å². The normalized spacial score (nSPS) is 24.4. The van der Waals surface area contributed by atoms with Gasteiger partial charge in [-0.05, 0) is 20.3 Å². The number of nitrogens with one attached hydrogen (secondary N) is 2. The van der Waals surface area contributed by atoms with E-state index in [0.717, 1.165) is 24.4 Å². The van der Waals surface area contributed by atoms with E-state index in [1.54, 1.807) is 6.20 Å². The molecule has 1 aliphatic heterocycles. The predicted octanol–water partition coefficient (Wildman–Crippen LogP) is 0.660. The van der Waals surface area contributed by atoms with Gasteiger partial charge in [-0.3, -0.25) is 5.43 Å². The second kappa shape index (κ2) is 4.63. The molecule has 6 heteroatoms. The van der Waals surface area contributed by atoms with Gasteiger partial charge in [-0.2, -0.15) is 4.98 Å². The van der Waals surface area contributed by atoms with Gasteiger partial charge in [0.25, 0.3) is 0 Å². The second-order valence-corrected chi connectivity index (χ2v) is 3.98. The lowest BCUT2D eigenvalue weighted by Crippen LogP contribution is -2.28. The quantitative estimate of drug-likeness (QED) is 0.515. The molecule has 16 heavy (non-hydrogen) atoms. The SMILES string of the molecule is Cc1cnc(NN)nc1NC1CCOC1C. The van der Waals surface area contributed by atoms with E-state index in [9.17, 15) is 0 Å². The third-order valence-corrected chi connectivity index (χ3v) is 2.80. The topological polar surface area (TPSA) is 85.1 Å². The van der Waals surface area contributed by atoms with Crippen LogP contribution in [0.2, 0.25) is 0 Å². The molecule has 0 spiro atoms. The van der Waals surface area contributed by atoms with Gasteiger partial charge in [0.1, 0.15) is 5.82 Å². The minimum atomic E-state index is 0.212. The molecule has 0 amide bonds. The maximum atomic E-state index is 5.49. The summed E-state index contributed by atoms with van der Waals surface area (Å²) in [7, 11) is 0. The van der Waals surface area contributed by atoms with E-state index in [2.05, 4.69) is 27.6 Å². The Labute approximate surface area is 94.6 Å². The van der Waals surface area contributed by atoms with Crippen LogP contribution in [0.4, 0.5) is 11.8 Å². The zero-order chi connectivity index (χ0) is 11.5. The molecule has 1 fully saturated rings. The van der Waals surface area contributed by atoms with Crippen LogP contribution in [-0.2, 0) is 4.74 Å². The average molecular weight is 223 g/mol. The standard InChI is InChI=1S/C10H17N5O/c1-6-5-12-10(15-11)14-9(6)13-8-3-4-16-7(8)2/h5,7-8H,3-4,11H2,1-2H3,(H2,12,13,14,15). The van der Waals surface area contributed by atoms with E-state index in [1.165, 1.54) is 0 Å². The molecule has 0 aliphatic carbocycles. The van der Waals surface area contributed by atoms with Crippen LogP contribution >= 0.6 is 0 Å². The number of hydrogen-bond acceptors (Lipinski definition) is 6. The van der Waals surface area contributed by atoms with Gasteiger partial charge >= 0.3 is 0 Å². The van der Waals surface area contributed by atoms with Crippen molar-refractivity contribution in [2.45, 2.75) is 32.4 Å². The van der Waals surface area contributed by atoms with Crippen LogP contribution in [-0.4, -0.2) is 28.7 Å². The molecular weight excluding hydrogens is 206 g/mol. The van der Waals surface area contributed by atoms with Gasteiger partial charge in [0.15, 0.2) is 0 Å². The molecule has 0 bridgehead atoms. The highest BCUT2D eigenvalue weighted by Gasteiger charge is 2.24. The molecule has 1 aliphatic rings. The number of nitrogens with zero attached hydrogens (tertiary/aromatic N) is 2. The smallest absolute Gasteiger partial charge is 0.239 e. The first-order chi connectivity index (χ1) is 7.70. The van der Waals surface area contributed by atoms with E-state index >= 15 is 0 Å². The molecule has 0 aromatic carbocycles. The largest absolute Gasteiger partial charge is 0.376 e. The summed E-state index contributed by atoms with van der Waals surface area (Å²) in [5, 5.41) is 3.36. The number of aromatic nitrogens is 2. The number of anilines is 2. The number of hydrazine groups is 1. The fourth-order valence-corrected chi connectivity index (χ4v) is 1.75. The highest BCUT2D eigenvalue weighted by molar-refractivity contribution is 5.47. The van der Waals surface area contributed by atoms with Gasteiger partial charge in [-0.25, -0.2) is 10.8 Å². The highest BCUT2D eigenvalue weighted by Crippen LogP contribution is 2.20. The van der Waals surface area contributed by atoms with E-state index in [4.69, 9.17) is 10.6 Å². The fraction of sp³-hybridized carbons (Fsp3) is 0.600. The molecule has 4 N–H and O–H groups in total. The number of rotatable bonds is 3. The van der Waals surface area contributed by atoms with E-state index < -0.39 is 0 Å². The minimum absolute atomic E-state index is 0.212. The molecule has 2 unspecified atom stereocenters. The monoisotopic (exact) mass is 223 g/mol. The second-order valence-electron chi connectivity index (χ2n) is 3.98. The zero-order valence-electron chi connectivity index (χ0n) is 9.53. The number of nitrogen functional groups attached to an aromatic ring is 1. The maximum absolute atomic E-state index is 5.49. The average Bonchev–Trinajstić information content (AvgIpc) is 2.68. The Morgan fingerprint density at radius 2 is 2.38 bits per heavy atom. The Balaban J connectivity index is 2.13. The lowest BCUT2D eigenvalue weighted by molar-refractivity contribution is 0.121. The molecule has 6 nitrogen and oxygen atoms in total. The van der Waals surface area contributed by atoms with Crippen LogP contribution < -0.4 is 16.6 Å². The molecular formula is C10H17N5O. The molecule has 0 radical (unpaired) electrons. The van der Waals surface area contributed by atoms with E-state index in [0.29, 0.717) is 12.0 Å². The molecule has 2 rings (SSSR count). The number of aryl methyl sites for hydroxylation is 1. The minimum Gasteiger partial charge on any atom is -0.376 e. The van der Waals surface area contributed by atoms with Crippen molar-refractivity contribution in [1.82, 2.24) is 9.97 Å². The Kier molecular flexibility index (Phi) is 3.21. The molecule has 0 saturated carbocycles. The third kappa shape index (κ3) is 2.23. The molecule has 88 valence electrons. The first-order valence-electron chi connectivity index (χ1n) is 5.39. The van der Waals surface area contributed by atoms with Crippen LogP contribution in [0, 0.1) is 6.92 Å². The van der Waals surface area contributed by atoms with Crippen LogP contribution in [0.25, 0.3) is 0 Å². The number of hydrogen-bond donors (Lipinski definition) is 3. The Bertz CT molecular complexity index is 370. The Morgan fingerprint density at radius 1 is 1.56 bits per heavy atom. The summed E-state index contributed by atoms with van der Waals surface area (Å²) in [6.45, 7) is 4.82. The Hall–Kier alpha value is -1.40. The summed E-state index contributed by atoms with van der Waals surface area (Å²) >= 11 is 0. The summed E-state index contributed by atoms with van der Waals surface area (Å²) in [6, 6.07) is 0.305. The van der Waals surface area contributed by atoms with Crippen molar-refractivity contribution in [3.05, 3.63) is 11.8 Å². The molecule has 2 heterocycles. The molecule has 1 aromatic rings. The van der Waals surface area contributed by atoms with Crippen LogP contribution in [0.15, 0.2) is 6.20 Å². The van der Waals surface area contributed by atoms with Crippen molar-refractivity contribution < 1.29 is 4.74 Å². The summed E-state index contributed by atoms with van der Waals surface area (Å²) in [5.41, 5.74) is 3.44. The van der Waals surface area contributed by atoms with E-state index in [1.807, 2.05) is 6.92 Å². The third-order valence-electron chi connectivity index (χ3n) is 2.80. The van der Waals surface area contributed by atoms with Gasteiger partial charge in [0, 0.05) is 18.4 Å². The lowest BCUT2D eigenvalue weighted by atomic mass is 10.1. The summed E-state index contributed by atoms with van der Waals surface area (Å²) in [4.78, 5) is 8.31. The van der Waals surface area contributed by atoms with Gasteiger partial charge < -0.3 is 10.1 Å². The summed E-state index contributed by atoms with van der Waals surface area (Å²) in [6.07, 6.45) is 2.95. The van der Waals surface area contributed by atoms with Crippen molar-refractivity contribution in [3.8, 4) is 0 Å². The molecule has 2 atom stereocenters. The van der Waals surface area contributed by atoms with Crippen molar-refractivity contribution >= 4 is 11.8 Å². The summed E-state index contributed by atoms with van der Waals surface area (Å²) < 4.78 is 5.49. The lowest BCUT2D eigenvalue weighted by Gasteiger charge is -2.18. The van der Waals surface area contributed by atoms with Crippen molar-refractivity contribution in [2.24, 2.45) is 5.84 Å². The summed E-state index contributed by atoms with van der Waals surface area (Å²) in [5.74, 6) is 6.50. The van der Waals surface area contributed by atoms with Crippen LogP contribution in [0.5, 0.6) is 0 Å². The van der Waals surface area contributed by atoms with E-state index in [-0.39, 0.29) is 6.10 Å². The highest BCUT2D eigenvalue weighted by atomic mass is 16.5. The first-order valence-corrected chi connectivity index (χ1v) is 5.39. The van der Waals surface area contributed by atoms with Gasteiger partial charge in [0.2, 0.25) is 5.95 Å². The fourth-order valence-electron chi connectivity index (χ4n) is 1.75. The number of ether oxygens (including phenoxy) is 1. The van der Waals surface area contributed by atoms with Gasteiger partial charge in [0.05, 0.1) is 12.1 Å². The van der Waals surface area contributed by atoms with Gasteiger partial charge in [-0.15, -0.1) is 0 Å². The van der Waals surface area contributed by atoms with Gasteiger partial charge in [-0.1, -0.05) is 0 Å².